The standard InChI is InChI=1S/C17H30Cl3NO3/c1-4-6-7-8-9-10-11-12-15(24-13-23-3)14(5-2)21-16(22)17(18,19)20/h5,14-15H,2,4,6-13H2,1,3H3,(H,21,22)/t14-,15+/m1/s1. The molecule has 0 rings (SSSR count). The van der Waals surface area contributed by atoms with E-state index < -0.39 is 15.7 Å². The Hall–Kier alpha value is -0.0000000000000000416. The molecule has 2 atom stereocenters. The fourth-order valence-corrected chi connectivity index (χ4v) is 2.53. The highest BCUT2D eigenvalue weighted by Crippen LogP contribution is 2.26. The van der Waals surface area contributed by atoms with Crippen LogP contribution in [0.4, 0.5) is 0 Å². The molecular formula is C17H30Cl3NO3. The van der Waals surface area contributed by atoms with Crippen molar-refractivity contribution in [3.63, 3.8) is 0 Å². The van der Waals surface area contributed by atoms with Crippen LogP contribution < -0.4 is 5.32 Å². The van der Waals surface area contributed by atoms with Crippen LogP contribution in [0.5, 0.6) is 0 Å². The number of ether oxygens (including phenoxy) is 2. The average molecular weight is 403 g/mol. The summed E-state index contributed by atoms with van der Waals surface area (Å²) in [6, 6.07) is -0.441. The number of alkyl halides is 3. The summed E-state index contributed by atoms with van der Waals surface area (Å²) in [5, 5.41) is 2.65. The molecule has 0 aromatic carbocycles. The first-order chi connectivity index (χ1) is 11.4. The normalized spacial score (nSPS) is 14.2. The molecule has 0 unspecified atom stereocenters. The Balaban J connectivity index is 4.38. The molecule has 142 valence electrons. The zero-order chi connectivity index (χ0) is 18.4. The third-order valence-electron chi connectivity index (χ3n) is 3.70. The van der Waals surface area contributed by atoms with Gasteiger partial charge in [0.15, 0.2) is 0 Å². The van der Waals surface area contributed by atoms with Gasteiger partial charge in [0.1, 0.15) is 6.79 Å². The Morgan fingerprint density at radius 1 is 1.17 bits per heavy atom. The van der Waals surface area contributed by atoms with Crippen LogP contribution in [-0.4, -0.2) is 35.7 Å². The number of hydrogen-bond donors (Lipinski definition) is 1. The van der Waals surface area contributed by atoms with Gasteiger partial charge in [-0.1, -0.05) is 92.7 Å². The van der Waals surface area contributed by atoms with Crippen molar-refractivity contribution in [2.45, 2.75) is 74.2 Å². The van der Waals surface area contributed by atoms with Crippen molar-refractivity contribution in [2.24, 2.45) is 0 Å². The van der Waals surface area contributed by atoms with E-state index in [-0.39, 0.29) is 12.9 Å². The van der Waals surface area contributed by atoms with Crippen molar-refractivity contribution in [3.05, 3.63) is 12.7 Å². The van der Waals surface area contributed by atoms with E-state index in [1.54, 1.807) is 13.2 Å². The first-order valence-corrected chi connectivity index (χ1v) is 9.61. The van der Waals surface area contributed by atoms with E-state index in [0.717, 1.165) is 19.3 Å². The SMILES string of the molecule is C=C[C@@H](NC(=O)C(Cl)(Cl)Cl)[C@H](CCCCCCCCC)OCOC. The average Bonchev–Trinajstić information content (AvgIpc) is 2.53. The van der Waals surface area contributed by atoms with Gasteiger partial charge in [-0.25, -0.2) is 0 Å². The van der Waals surface area contributed by atoms with Crippen LogP contribution in [-0.2, 0) is 14.3 Å². The van der Waals surface area contributed by atoms with E-state index in [1.807, 2.05) is 0 Å². The highest BCUT2D eigenvalue weighted by molar-refractivity contribution is 6.76. The van der Waals surface area contributed by atoms with Crippen LogP contribution >= 0.6 is 34.8 Å². The van der Waals surface area contributed by atoms with Gasteiger partial charge in [0, 0.05) is 7.11 Å². The van der Waals surface area contributed by atoms with E-state index in [9.17, 15) is 4.79 Å². The highest BCUT2D eigenvalue weighted by atomic mass is 35.6. The summed E-state index contributed by atoms with van der Waals surface area (Å²) in [5.74, 6) is -0.692. The number of carbonyl (C=O) groups excluding carboxylic acids is 1. The van der Waals surface area contributed by atoms with Crippen molar-refractivity contribution in [1.29, 1.82) is 0 Å². The molecule has 0 saturated carbocycles. The van der Waals surface area contributed by atoms with Gasteiger partial charge in [0.05, 0.1) is 12.1 Å². The van der Waals surface area contributed by atoms with E-state index in [1.165, 1.54) is 32.1 Å². The van der Waals surface area contributed by atoms with Crippen LogP contribution in [0.3, 0.4) is 0 Å². The first kappa shape index (κ1) is 24.0. The second-order valence-corrected chi connectivity index (χ2v) is 8.04. The Labute approximate surface area is 161 Å². The summed E-state index contributed by atoms with van der Waals surface area (Å²) < 4.78 is 8.62. The molecule has 0 fully saturated rings. The zero-order valence-corrected chi connectivity index (χ0v) is 16.9. The maximum absolute atomic E-state index is 11.8. The van der Waals surface area contributed by atoms with E-state index in [0.29, 0.717) is 0 Å². The van der Waals surface area contributed by atoms with Gasteiger partial charge in [-0.15, -0.1) is 6.58 Å². The number of amides is 1. The number of methoxy groups -OCH3 is 1. The quantitative estimate of drug-likeness (QED) is 0.189. The maximum Gasteiger partial charge on any atom is 0.272 e. The molecule has 1 amide bonds. The molecule has 0 saturated heterocycles. The molecule has 0 bridgehead atoms. The van der Waals surface area contributed by atoms with Gasteiger partial charge in [-0.2, -0.15) is 0 Å². The second-order valence-electron chi connectivity index (χ2n) is 5.75. The lowest BCUT2D eigenvalue weighted by Gasteiger charge is -2.27. The summed E-state index contributed by atoms with van der Waals surface area (Å²) in [6.07, 6.45) is 10.5. The molecule has 24 heavy (non-hydrogen) atoms. The Bertz CT molecular complexity index is 348. The van der Waals surface area contributed by atoms with Crippen LogP contribution in [0.25, 0.3) is 0 Å². The maximum atomic E-state index is 11.8. The molecule has 0 aliphatic carbocycles. The van der Waals surface area contributed by atoms with Crippen molar-refractivity contribution < 1.29 is 14.3 Å². The molecule has 0 aliphatic rings. The predicted molar refractivity (Wildman–Crippen MR) is 102 cm³/mol. The second kappa shape index (κ2) is 14.2. The van der Waals surface area contributed by atoms with Gasteiger partial charge in [-0.3, -0.25) is 4.79 Å². The van der Waals surface area contributed by atoms with Crippen molar-refractivity contribution >= 4 is 40.7 Å². The monoisotopic (exact) mass is 401 g/mol. The Kier molecular flexibility index (Phi) is 14.2. The summed E-state index contributed by atoms with van der Waals surface area (Å²) >= 11 is 16.8. The lowest BCUT2D eigenvalue weighted by Crippen LogP contribution is -2.47. The van der Waals surface area contributed by atoms with Crippen LogP contribution in [0.1, 0.15) is 58.3 Å². The minimum Gasteiger partial charge on any atom is -0.359 e. The first-order valence-electron chi connectivity index (χ1n) is 8.47. The summed E-state index contributed by atoms with van der Waals surface area (Å²) in [6.45, 7) is 6.08. The van der Waals surface area contributed by atoms with Crippen molar-refractivity contribution in [2.75, 3.05) is 13.9 Å². The minimum atomic E-state index is -2.01. The number of halogens is 3. The van der Waals surface area contributed by atoms with Crippen LogP contribution in [0.2, 0.25) is 0 Å². The number of hydrogen-bond acceptors (Lipinski definition) is 3. The highest BCUT2D eigenvalue weighted by Gasteiger charge is 2.33. The summed E-state index contributed by atoms with van der Waals surface area (Å²) in [5.41, 5.74) is 0. The van der Waals surface area contributed by atoms with Crippen molar-refractivity contribution in [1.82, 2.24) is 5.32 Å². The van der Waals surface area contributed by atoms with E-state index in [4.69, 9.17) is 44.3 Å². The van der Waals surface area contributed by atoms with Crippen LogP contribution in [0.15, 0.2) is 12.7 Å². The Morgan fingerprint density at radius 2 is 1.75 bits per heavy atom. The molecule has 1 N–H and O–H groups in total. The largest absolute Gasteiger partial charge is 0.359 e. The van der Waals surface area contributed by atoms with Gasteiger partial charge >= 0.3 is 0 Å². The smallest absolute Gasteiger partial charge is 0.272 e. The fraction of sp³-hybridized carbons (Fsp3) is 0.824. The molecule has 0 aromatic heterocycles. The molecule has 0 radical (unpaired) electrons. The molecule has 0 aromatic rings. The zero-order valence-electron chi connectivity index (χ0n) is 14.7. The minimum absolute atomic E-state index is 0.134. The molecular weight excluding hydrogens is 373 g/mol. The van der Waals surface area contributed by atoms with Gasteiger partial charge in [0.2, 0.25) is 0 Å². The fourth-order valence-electron chi connectivity index (χ4n) is 2.36. The number of unbranched alkanes of at least 4 members (excludes halogenated alkanes) is 6. The predicted octanol–water partition coefficient (Wildman–Crippen LogP) is 5.16. The number of rotatable bonds is 14. The van der Waals surface area contributed by atoms with Gasteiger partial charge < -0.3 is 14.8 Å². The molecule has 0 aliphatic heterocycles. The third kappa shape index (κ3) is 11.5. The molecule has 0 spiro atoms. The van der Waals surface area contributed by atoms with Gasteiger partial charge in [0.25, 0.3) is 9.70 Å². The molecule has 4 nitrogen and oxygen atoms in total. The van der Waals surface area contributed by atoms with Crippen LogP contribution in [0, 0.1) is 0 Å². The lowest BCUT2D eigenvalue weighted by molar-refractivity contribution is -0.123. The van der Waals surface area contributed by atoms with Crippen molar-refractivity contribution in [3.8, 4) is 0 Å². The summed E-state index contributed by atoms with van der Waals surface area (Å²) in [7, 11) is 1.55. The number of carbonyl (C=O) groups is 1. The number of nitrogens with one attached hydrogen (secondary N) is 1. The van der Waals surface area contributed by atoms with E-state index in [2.05, 4.69) is 18.8 Å². The third-order valence-corrected chi connectivity index (χ3v) is 4.22. The topological polar surface area (TPSA) is 47.6 Å². The van der Waals surface area contributed by atoms with Gasteiger partial charge in [-0.05, 0) is 6.42 Å². The molecule has 7 heteroatoms. The Morgan fingerprint density at radius 3 is 2.25 bits per heavy atom. The summed E-state index contributed by atoms with van der Waals surface area (Å²) in [4.78, 5) is 11.8. The molecule has 0 heterocycles. The lowest BCUT2D eigenvalue weighted by atomic mass is 10.0. The van der Waals surface area contributed by atoms with E-state index >= 15 is 0 Å².